The van der Waals surface area contributed by atoms with Crippen LogP contribution in [0, 0.1) is 0 Å². The predicted molar refractivity (Wildman–Crippen MR) is 148 cm³/mol. The van der Waals surface area contributed by atoms with Gasteiger partial charge in [0.15, 0.2) is 5.65 Å². The van der Waals surface area contributed by atoms with Crippen molar-refractivity contribution in [2.24, 2.45) is 5.73 Å². The van der Waals surface area contributed by atoms with Crippen LogP contribution in [0.3, 0.4) is 0 Å². The fourth-order valence-electron chi connectivity index (χ4n) is 4.28. The summed E-state index contributed by atoms with van der Waals surface area (Å²) in [6.07, 6.45) is 1.79. The van der Waals surface area contributed by atoms with E-state index in [0.717, 1.165) is 38.9 Å². The molecule has 5 N–H and O–H groups in total. The first kappa shape index (κ1) is 24.6. The molecule has 0 radical (unpaired) electrons. The lowest BCUT2D eigenvalue weighted by atomic mass is 10.0. The quantitative estimate of drug-likeness (QED) is 0.227. The molecule has 0 aliphatic heterocycles. The van der Waals surface area contributed by atoms with Gasteiger partial charge >= 0.3 is 0 Å². The van der Waals surface area contributed by atoms with Gasteiger partial charge in [-0.25, -0.2) is 4.98 Å². The van der Waals surface area contributed by atoms with Crippen LogP contribution < -0.4 is 16.4 Å². The minimum absolute atomic E-state index is 0.222. The molecule has 190 valence electrons. The van der Waals surface area contributed by atoms with E-state index in [2.05, 4.69) is 59.9 Å². The van der Waals surface area contributed by atoms with Crippen molar-refractivity contribution >= 4 is 28.4 Å². The number of para-hydroxylation sites is 1. The zero-order chi connectivity index (χ0) is 25.8. The number of hydrogen-bond donors (Lipinski definition) is 4. The molecule has 9 nitrogen and oxygen atoms in total. The van der Waals surface area contributed by atoms with E-state index in [9.17, 15) is 5.11 Å². The highest BCUT2D eigenvalue weighted by molar-refractivity contribution is 5.82. The molecule has 0 aliphatic carbocycles. The highest BCUT2D eigenvalue weighted by Crippen LogP contribution is 2.26. The van der Waals surface area contributed by atoms with Gasteiger partial charge in [0.05, 0.1) is 23.5 Å². The molecular formula is C28H32N8O. The Balaban J connectivity index is 1.44. The SMILES string of the molecule is CC(C)c1cnn2c(NCc3ccccc3-c3ccc4ccccc4n3)nc(NCC[C@H](O)CN)nc12. The first-order valence-electron chi connectivity index (χ1n) is 12.6. The third kappa shape index (κ3) is 5.37. The maximum Gasteiger partial charge on any atom is 0.229 e. The van der Waals surface area contributed by atoms with Crippen LogP contribution in [0.5, 0.6) is 0 Å². The van der Waals surface area contributed by atoms with E-state index in [1.807, 2.05) is 36.5 Å². The zero-order valence-corrected chi connectivity index (χ0v) is 21.1. The van der Waals surface area contributed by atoms with E-state index in [1.54, 1.807) is 4.52 Å². The van der Waals surface area contributed by atoms with Gasteiger partial charge in [-0.2, -0.15) is 19.6 Å². The van der Waals surface area contributed by atoms with Crippen molar-refractivity contribution in [1.82, 2.24) is 24.6 Å². The molecule has 0 fully saturated rings. The van der Waals surface area contributed by atoms with Crippen LogP contribution in [0.2, 0.25) is 0 Å². The molecule has 9 heteroatoms. The minimum Gasteiger partial charge on any atom is -0.392 e. The van der Waals surface area contributed by atoms with Gasteiger partial charge < -0.3 is 21.5 Å². The van der Waals surface area contributed by atoms with Gasteiger partial charge in [0.25, 0.3) is 0 Å². The van der Waals surface area contributed by atoms with Crippen molar-refractivity contribution in [3.8, 4) is 11.3 Å². The maximum absolute atomic E-state index is 9.80. The second-order valence-corrected chi connectivity index (χ2v) is 9.37. The number of nitrogens with zero attached hydrogens (tertiary/aromatic N) is 5. The number of pyridine rings is 1. The molecule has 5 aromatic rings. The summed E-state index contributed by atoms with van der Waals surface area (Å²) < 4.78 is 1.74. The molecule has 3 aromatic heterocycles. The fourth-order valence-corrected chi connectivity index (χ4v) is 4.28. The van der Waals surface area contributed by atoms with E-state index in [-0.39, 0.29) is 12.5 Å². The zero-order valence-electron chi connectivity index (χ0n) is 21.1. The summed E-state index contributed by atoms with van der Waals surface area (Å²) in [5, 5.41) is 22.2. The van der Waals surface area contributed by atoms with Crippen LogP contribution in [0.15, 0.2) is 66.9 Å². The number of anilines is 2. The van der Waals surface area contributed by atoms with Crippen molar-refractivity contribution in [2.45, 2.75) is 38.8 Å². The van der Waals surface area contributed by atoms with Crippen LogP contribution >= 0.6 is 0 Å². The number of benzene rings is 2. The average Bonchev–Trinajstić information content (AvgIpc) is 3.36. The molecule has 3 heterocycles. The molecule has 1 atom stereocenters. The Morgan fingerprint density at radius 1 is 0.946 bits per heavy atom. The van der Waals surface area contributed by atoms with Gasteiger partial charge in [0.1, 0.15) is 0 Å². The van der Waals surface area contributed by atoms with Crippen molar-refractivity contribution < 1.29 is 5.11 Å². The Morgan fingerprint density at radius 2 is 1.76 bits per heavy atom. The second-order valence-electron chi connectivity index (χ2n) is 9.37. The molecule has 0 saturated carbocycles. The molecular weight excluding hydrogens is 464 g/mol. The Kier molecular flexibility index (Phi) is 7.25. The molecule has 0 aliphatic rings. The van der Waals surface area contributed by atoms with Gasteiger partial charge in [-0.05, 0) is 30.0 Å². The lowest BCUT2D eigenvalue weighted by Crippen LogP contribution is -2.23. The number of rotatable bonds is 10. The topological polar surface area (TPSA) is 126 Å². The Bertz CT molecular complexity index is 1510. The number of hydrogen-bond acceptors (Lipinski definition) is 8. The van der Waals surface area contributed by atoms with Gasteiger partial charge in [0.2, 0.25) is 11.9 Å². The first-order chi connectivity index (χ1) is 18.0. The van der Waals surface area contributed by atoms with Gasteiger partial charge in [-0.3, -0.25) is 0 Å². The second kappa shape index (κ2) is 10.9. The van der Waals surface area contributed by atoms with Gasteiger partial charge in [-0.15, -0.1) is 0 Å². The maximum atomic E-state index is 9.80. The van der Waals surface area contributed by atoms with Crippen molar-refractivity contribution in [3.63, 3.8) is 0 Å². The molecule has 37 heavy (non-hydrogen) atoms. The minimum atomic E-state index is -0.560. The van der Waals surface area contributed by atoms with E-state index >= 15 is 0 Å². The van der Waals surface area contributed by atoms with Gasteiger partial charge in [0, 0.05) is 36.1 Å². The monoisotopic (exact) mass is 496 g/mol. The van der Waals surface area contributed by atoms with Gasteiger partial charge in [-0.1, -0.05) is 62.4 Å². The molecule has 2 aromatic carbocycles. The Morgan fingerprint density at radius 3 is 2.59 bits per heavy atom. The Labute approximate surface area is 215 Å². The summed E-state index contributed by atoms with van der Waals surface area (Å²) in [5.74, 6) is 1.32. The summed E-state index contributed by atoms with van der Waals surface area (Å²) in [6, 6.07) is 20.5. The Hall–Kier alpha value is -4.08. The third-order valence-corrected chi connectivity index (χ3v) is 6.38. The highest BCUT2D eigenvalue weighted by atomic mass is 16.3. The largest absolute Gasteiger partial charge is 0.392 e. The molecule has 0 spiro atoms. The summed E-state index contributed by atoms with van der Waals surface area (Å²) in [4.78, 5) is 14.3. The number of aromatic nitrogens is 5. The third-order valence-electron chi connectivity index (χ3n) is 6.38. The summed E-state index contributed by atoms with van der Waals surface area (Å²) in [5.41, 5.74) is 11.4. The lowest BCUT2D eigenvalue weighted by Gasteiger charge is -2.14. The predicted octanol–water partition coefficient (Wildman–Crippen LogP) is 4.20. The van der Waals surface area contributed by atoms with E-state index < -0.39 is 6.10 Å². The van der Waals surface area contributed by atoms with Crippen molar-refractivity contribution in [3.05, 3.63) is 78.0 Å². The molecule has 0 saturated heterocycles. The summed E-state index contributed by atoms with van der Waals surface area (Å²) >= 11 is 0. The normalized spacial score (nSPS) is 12.4. The lowest BCUT2D eigenvalue weighted by molar-refractivity contribution is 0.177. The number of aliphatic hydroxyl groups is 1. The number of nitrogens with one attached hydrogen (secondary N) is 2. The number of fused-ring (bicyclic) bond motifs is 2. The van der Waals surface area contributed by atoms with Crippen LogP contribution in [0.1, 0.15) is 37.3 Å². The van der Waals surface area contributed by atoms with Crippen LogP contribution in [-0.2, 0) is 6.54 Å². The van der Waals surface area contributed by atoms with Crippen molar-refractivity contribution in [2.75, 3.05) is 23.7 Å². The smallest absolute Gasteiger partial charge is 0.229 e. The number of aliphatic hydroxyl groups excluding tert-OH is 1. The van der Waals surface area contributed by atoms with E-state index in [0.29, 0.717) is 31.4 Å². The molecule has 0 unspecified atom stereocenters. The van der Waals surface area contributed by atoms with Crippen LogP contribution in [0.4, 0.5) is 11.9 Å². The van der Waals surface area contributed by atoms with Crippen molar-refractivity contribution in [1.29, 1.82) is 0 Å². The first-order valence-corrected chi connectivity index (χ1v) is 12.6. The van der Waals surface area contributed by atoms with Crippen LogP contribution in [-0.4, -0.2) is 48.9 Å². The average molecular weight is 497 g/mol. The summed E-state index contributed by atoms with van der Waals surface area (Å²) in [7, 11) is 0. The fraction of sp³-hybridized carbons (Fsp3) is 0.286. The molecule has 5 rings (SSSR count). The number of nitrogens with two attached hydrogens (primary N) is 1. The standard InChI is InChI=1S/C28H32N8O/c1-18(2)23-17-32-36-26(23)34-27(30-14-13-21(37)15-29)35-28(36)31-16-20-8-3-5-9-22(20)25-12-11-19-7-4-6-10-24(19)33-25/h3-12,17-18,21,37H,13-16,29H2,1-2H3,(H2,30,31,34,35)/t21-/m0/s1. The van der Waals surface area contributed by atoms with E-state index in [4.69, 9.17) is 20.7 Å². The van der Waals surface area contributed by atoms with Crippen LogP contribution in [0.25, 0.3) is 27.8 Å². The molecule has 0 bridgehead atoms. The molecule has 0 amide bonds. The van der Waals surface area contributed by atoms with E-state index in [1.165, 1.54) is 0 Å². The highest BCUT2D eigenvalue weighted by Gasteiger charge is 2.16. The summed E-state index contributed by atoms with van der Waals surface area (Å²) in [6.45, 7) is 5.49.